The predicted octanol–water partition coefficient (Wildman–Crippen LogP) is 4.55. The van der Waals surface area contributed by atoms with Gasteiger partial charge in [-0.25, -0.2) is 0 Å². The summed E-state index contributed by atoms with van der Waals surface area (Å²) >= 11 is 0. The highest BCUT2D eigenvalue weighted by molar-refractivity contribution is 5.92. The summed E-state index contributed by atoms with van der Waals surface area (Å²) in [7, 11) is 0. The Hall–Kier alpha value is -1.20. The normalized spacial score (nSPS) is 41.2. The van der Waals surface area contributed by atoms with Crippen LogP contribution in [0.5, 0.6) is 0 Å². The zero-order valence-electron chi connectivity index (χ0n) is 19.2. The highest BCUT2D eigenvalue weighted by atomic mass is 35.5. The van der Waals surface area contributed by atoms with E-state index in [2.05, 4.69) is 13.8 Å². The molecular weight excluding hydrogens is 414 g/mol. The average Bonchev–Trinajstić information content (AvgIpc) is 3.00. The molecule has 3 fully saturated rings. The van der Waals surface area contributed by atoms with Crippen molar-refractivity contribution in [2.45, 2.75) is 90.6 Å². The number of carbonyl (C=O) groups is 3. The van der Waals surface area contributed by atoms with Gasteiger partial charge in [-0.2, -0.15) is 0 Å². The maximum absolute atomic E-state index is 13.0. The number of hydrogen-bond donors (Lipinski definition) is 1. The number of esters is 1. The number of Topliss-reactive ketones (excluding diaryl/α,β-unsaturated/α-hetero) is 1. The Kier molecular flexibility index (Phi) is 6.80. The first-order chi connectivity index (χ1) is 14.2. The average molecular weight is 452 g/mol. The van der Waals surface area contributed by atoms with Gasteiger partial charge in [0.1, 0.15) is 0 Å². The number of rotatable bonds is 5. The minimum absolute atomic E-state index is 0. The lowest BCUT2D eigenvalue weighted by atomic mass is 9.46. The molecule has 0 saturated heterocycles. The van der Waals surface area contributed by atoms with Gasteiger partial charge >= 0.3 is 5.97 Å². The molecule has 0 aliphatic heterocycles. The lowest BCUT2D eigenvalue weighted by Gasteiger charge is -2.59. The van der Waals surface area contributed by atoms with E-state index in [4.69, 9.17) is 10.5 Å². The Labute approximate surface area is 192 Å². The van der Waals surface area contributed by atoms with Gasteiger partial charge in [0, 0.05) is 18.3 Å². The van der Waals surface area contributed by atoms with Crippen molar-refractivity contribution < 1.29 is 19.1 Å². The minimum atomic E-state index is -0.992. The SMILES string of the molecule is CC(=O)[C@@]1(OC(=O)CCCN)CC[C@H]2[C@@H]3CCC4=CC(=O)CC[C@]4(C)[C@H]3CC[C@@]21C.Cl. The third-order valence-corrected chi connectivity index (χ3v) is 9.52. The van der Waals surface area contributed by atoms with Gasteiger partial charge in [-0.1, -0.05) is 19.4 Å². The number of halogens is 1. The summed E-state index contributed by atoms with van der Waals surface area (Å²) < 4.78 is 6.06. The zero-order chi connectivity index (χ0) is 21.7. The van der Waals surface area contributed by atoms with Gasteiger partial charge in [0.25, 0.3) is 0 Å². The van der Waals surface area contributed by atoms with Gasteiger partial charge in [-0.05, 0) is 94.1 Å². The quantitative estimate of drug-likeness (QED) is 0.619. The molecular formula is C25H38ClNO4. The monoisotopic (exact) mass is 451 g/mol. The van der Waals surface area contributed by atoms with Crippen molar-refractivity contribution in [3.63, 3.8) is 0 Å². The molecule has 6 heteroatoms. The van der Waals surface area contributed by atoms with Crippen LogP contribution in [0.15, 0.2) is 11.6 Å². The van der Waals surface area contributed by atoms with Crippen molar-refractivity contribution in [2.75, 3.05) is 6.54 Å². The van der Waals surface area contributed by atoms with Crippen LogP contribution in [0.3, 0.4) is 0 Å². The first-order valence-electron chi connectivity index (χ1n) is 11.8. The van der Waals surface area contributed by atoms with E-state index >= 15 is 0 Å². The number of ether oxygens (including phenoxy) is 1. The van der Waals surface area contributed by atoms with Gasteiger partial charge in [0.05, 0.1) is 0 Å². The molecule has 0 aromatic rings. The standard InChI is InChI=1S/C25H37NO4.ClH/c1-16(27)25(30-22(29)5-4-14-26)13-10-21-19-7-6-17-15-18(28)8-11-23(17,2)20(19)9-12-24(21,25)3;/h15,19-21H,4-14,26H2,1-3H3;1H/t19-,20+,21+,23+,24+,25+;/m1./s1. The lowest BCUT2D eigenvalue weighted by molar-refractivity contribution is -0.189. The van der Waals surface area contributed by atoms with Crippen LogP contribution in [-0.4, -0.2) is 29.7 Å². The van der Waals surface area contributed by atoms with Crippen LogP contribution in [0, 0.1) is 28.6 Å². The molecule has 0 unspecified atom stereocenters. The molecule has 4 aliphatic rings. The number of allylic oxidation sites excluding steroid dienone is 1. The van der Waals surface area contributed by atoms with E-state index in [0.717, 1.165) is 38.5 Å². The van der Waals surface area contributed by atoms with Crippen LogP contribution in [-0.2, 0) is 19.1 Å². The molecule has 0 amide bonds. The topological polar surface area (TPSA) is 86.5 Å². The van der Waals surface area contributed by atoms with E-state index < -0.39 is 5.60 Å². The Morgan fingerprint density at radius 3 is 2.48 bits per heavy atom. The molecule has 31 heavy (non-hydrogen) atoms. The summed E-state index contributed by atoms with van der Waals surface area (Å²) in [6, 6.07) is 0. The van der Waals surface area contributed by atoms with Crippen molar-refractivity contribution in [1.29, 1.82) is 0 Å². The molecule has 6 atom stereocenters. The molecule has 0 radical (unpaired) electrons. The minimum Gasteiger partial charge on any atom is -0.450 e. The van der Waals surface area contributed by atoms with Crippen molar-refractivity contribution >= 4 is 29.9 Å². The second-order valence-corrected chi connectivity index (χ2v) is 10.7. The Balaban J connectivity index is 0.00000272. The summed E-state index contributed by atoms with van der Waals surface area (Å²) in [6.45, 7) is 6.62. The van der Waals surface area contributed by atoms with Gasteiger partial charge in [-0.15, -0.1) is 12.4 Å². The number of nitrogens with two attached hydrogens (primary N) is 1. The van der Waals surface area contributed by atoms with Crippen LogP contribution >= 0.6 is 12.4 Å². The van der Waals surface area contributed by atoms with Crippen molar-refractivity contribution in [3.05, 3.63) is 11.6 Å². The molecule has 2 N–H and O–H groups in total. The van der Waals surface area contributed by atoms with Gasteiger partial charge in [0.15, 0.2) is 17.2 Å². The summed E-state index contributed by atoms with van der Waals surface area (Å²) in [4.78, 5) is 37.6. The Morgan fingerprint density at radius 2 is 1.81 bits per heavy atom. The largest absolute Gasteiger partial charge is 0.450 e. The van der Waals surface area contributed by atoms with E-state index in [1.807, 2.05) is 6.08 Å². The summed E-state index contributed by atoms with van der Waals surface area (Å²) in [6.07, 6.45) is 9.98. The molecule has 3 saturated carbocycles. The molecule has 0 aromatic heterocycles. The van der Waals surface area contributed by atoms with E-state index in [1.165, 1.54) is 5.57 Å². The third-order valence-electron chi connectivity index (χ3n) is 9.52. The zero-order valence-corrected chi connectivity index (χ0v) is 20.0. The van der Waals surface area contributed by atoms with Crippen LogP contribution in [0.1, 0.15) is 85.0 Å². The predicted molar refractivity (Wildman–Crippen MR) is 122 cm³/mol. The Morgan fingerprint density at radius 1 is 1.10 bits per heavy atom. The van der Waals surface area contributed by atoms with Crippen LogP contribution in [0.25, 0.3) is 0 Å². The lowest BCUT2D eigenvalue weighted by Crippen LogP contribution is -2.58. The highest BCUT2D eigenvalue weighted by Gasteiger charge is 2.67. The molecule has 5 nitrogen and oxygen atoms in total. The smallest absolute Gasteiger partial charge is 0.306 e. The Bertz CT molecular complexity index is 794. The number of hydrogen-bond acceptors (Lipinski definition) is 5. The van der Waals surface area contributed by atoms with E-state index in [1.54, 1.807) is 6.92 Å². The number of ketones is 2. The highest BCUT2D eigenvalue weighted by Crippen LogP contribution is 2.68. The maximum atomic E-state index is 13.0. The fourth-order valence-electron chi connectivity index (χ4n) is 7.87. The summed E-state index contributed by atoms with van der Waals surface area (Å²) in [5.74, 6) is 1.47. The molecule has 0 aromatic carbocycles. The summed E-state index contributed by atoms with van der Waals surface area (Å²) in [5.41, 5.74) is 5.72. The summed E-state index contributed by atoms with van der Waals surface area (Å²) in [5, 5.41) is 0. The van der Waals surface area contributed by atoms with E-state index in [0.29, 0.717) is 43.6 Å². The molecule has 0 heterocycles. The second kappa shape index (κ2) is 8.62. The molecule has 0 spiro atoms. The molecule has 174 valence electrons. The third kappa shape index (κ3) is 3.60. The van der Waals surface area contributed by atoms with Crippen molar-refractivity contribution in [1.82, 2.24) is 0 Å². The maximum Gasteiger partial charge on any atom is 0.306 e. The molecule has 4 rings (SSSR count). The van der Waals surface area contributed by atoms with Crippen molar-refractivity contribution in [2.24, 2.45) is 34.3 Å². The molecule has 4 aliphatic carbocycles. The molecule has 0 bridgehead atoms. The van der Waals surface area contributed by atoms with E-state index in [9.17, 15) is 14.4 Å². The van der Waals surface area contributed by atoms with E-state index in [-0.39, 0.29) is 47.2 Å². The first kappa shape index (κ1) is 24.4. The number of carbonyl (C=O) groups excluding carboxylic acids is 3. The van der Waals surface area contributed by atoms with Gasteiger partial charge < -0.3 is 10.5 Å². The fourth-order valence-corrected chi connectivity index (χ4v) is 7.87. The van der Waals surface area contributed by atoms with Crippen molar-refractivity contribution in [3.8, 4) is 0 Å². The second-order valence-electron chi connectivity index (χ2n) is 10.7. The number of fused-ring (bicyclic) bond motifs is 5. The fraction of sp³-hybridized carbons (Fsp3) is 0.800. The van der Waals surface area contributed by atoms with Gasteiger partial charge in [0.2, 0.25) is 0 Å². The first-order valence-corrected chi connectivity index (χ1v) is 11.8. The van der Waals surface area contributed by atoms with Gasteiger partial charge in [-0.3, -0.25) is 14.4 Å². The van der Waals surface area contributed by atoms with Crippen LogP contribution < -0.4 is 5.73 Å². The van der Waals surface area contributed by atoms with Crippen LogP contribution in [0.2, 0.25) is 0 Å². The van der Waals surface area contributed by atoms with Crippen LogP contribution in [0.4, 0.5) is 0 Å².